The zero-order valence-electron chi connectivity index (χ0n) is 23.3. The molecule has 234 valence electrons. The van der Waals surface area contributed by atoms with Crippen LogP contribution in [0, 0.1) is 0 Å². The number of anilines is 2. The molecule has 46 heavy (non-hydrogen) atoms. The first-order chi connectivity index (χ1) is 21.8. The van der Waals surface area contributed by atoms with Crippen LogP contribution in [-0.2, 0) is 21.9 Å². The van der Waals surface area contributed by atoms with Crippen LogP contribution in [0.1, 0.15) is 16.7 Å². The maximum atomic E-state index is 13.6. The SMILES string of the molecule is O=C(Nc1cccc(C(F)(F)F)c1)C(=Cc1cn(-c2ccccc2)nc1-c1ccc(Cl)cc1)C(=O)Nc1cccc(C(F)(F)F)c1. The second-order valence-corrected chi connectivity index (χ2v) is 10.3. The summed E-state index contributed by atoms with van der Waals surface area (Å²) in [6.45, 7) is 0. The van der Waals surface area contributed by atoms with Gasteiger partial charge in [0.2, 0.25) is 0 Å². The lowest BCUT2D eigenvalue weighted by Crippen LogP contribution is -2.25. The van der Waals surface area contributed by atoms with Crippen LogP contribution in [0.2, 0.25) is 5.02 Å². The Bertz CT molecular complexity index is 1840. The molecule has 13 heteroatoms. The van der Waals surface area contributed by atoms with Crippen molar-refractivity contribution in [2.45, 2.75) is 12.4 Å². The number of rotatable bonds is 7. The van der Waals surface area contributed by atoms with Crippen molar-refractivity contribution in [2.24, 2.45) is 0 Å². The van der Waals surface area contributed by atoms with Crippen LogP contribution in [-0.4, -0.2) is 21.6 Å². The zero-order valence-corrected chi connectivity index (χ0v) is 24.1. The summed E-state index contributed by atoms with van der Waals surface area (Å²) in [7, 11) is 0. The number of alkyl halides is 6. The summed E-state index contributed by atoms with van der Waals surface area (Å²) in [5, 5.41) is 9.63. The lowest BCUT2D eigenvalue weighted by Gasteiger charge is -2.13. The lowest BCUT2D eigenvalue weighted by atomic mass is 10.0. The van der Waals surface area contributed by atoms with Crippen LogP contribution in [0.25, 0.3) is 23.0 Å². The maximum Gasteiger partial charge on any atom is 0.416 e. The van der Waals surface area contributed by atoms with Gasteiger partial charge in [-0.25, -0.2) is 4.68 Å². The van der Waals surface area contributed by atoms with E-state index in [1.807, 2.05) is 0 Å². The molecular weight excluding hydrogens is 634 g/mol. The number of aromatic nitrogens is 2. The van der Waals surface area contributed by atoms with Gasteiger partial charge in [0.05, 0.1) is 22.5 Å². The number of nitrogens with zero attached hydrogens (tertiary/aromatic N) is 2. The fourth-order valence-electron chi connectivity index (χ4n) is 4.37. The molecular formula is C33H21ClF6N4O2. The van der Waals surface area contributed by atoms with Crippen LogP contribution in [0.3, 0.4) is 0 Å². The average molecular weight is 655 g/mol. The van der Waals surface area contributed by atoms with Gasteiger partial charge >= 0.3 is 12.4 Å². The zero-order chi connectivity index (χ0) is 33.1. The number of carbonyl (C=O) groups is 2. The van der Waals surface area contributed by atoms with Crippen molar-refractivity contribution in [1.29, 1.82) is 0 Å². The summed E-state index contributed by atoms with van der Waals surface area (Å²) in [6, 6.07) is 22.9. The molecule has 0 aliphatic rings. The van der Waals surface area contributed by atoms with E-state index in [1.165, 1.54) is 23.0 Å². The Kier molecular flexibility index (Phi) is 9.01. The van der Waals surface area contributed by atoms with Crippen molar-refractivity contribution in [2.75, 3.05) is 10.6 Å². The lowest BCUT2D eigenvalue weighted by molar-refractivity contribution is -0.138. The number of hydrogen-bond acceptors (Lipinski definition) is 3. The van der Waals surface area contributed by atoms with Gasteiger partial charge in [0, 0.05) is 33.7 Å². The monoisotopic (exact) mass is 654 g/mol. The molecule has 0 aliphatic carbocycles. The molecule has 1 aromatic heterocycles. The molecule has 1 heterocycles. The quantitative estimate of drug-likeness (QED) is 0.0797. The van der Waals surface area contributed by atoms with Gasteiger partial charge in [-0.15, -0.1) is 0 Å². The fourth-order valence-corrected chi connectivity index (χ4v) is 4.50. The number of amides is 2. The Morgan fingerprint density at radius 1 is 0.696 bits per heavy atom. The molecule has 5 rings (SSSR count). The first-order valence-electron chi connectivity index (χ1n) is 13.4. The summed E-state index contributed by atoms with van der Waals surface area (Å²) >= 11 is 6.06. The van der Waals surface area contributed by atoms with Crippen LogP contribution >= 0.6 is 11.6 Å². The van der Waals surface area contributed by atoms with E-state index >= 15 is 0 Å². The van der Waals surface area contributed by atoms with Crippen LogP contribution in [0.5, 0.6) is 0 Å². The van der Waals surface area contributed by atoms with E-state index in [0.717, 1.165) is 30.3 Å². The van der Waals surface area contributed by atoms with Gasteiger partial charge in [-0.3, -0.25) is 9.59 Å². The largest absolute Gasteiger partial charge is 0.416 e. The average Bonchev–Trinajstić information content (AvgIpc) is 3.44. The number of para-hydroxylation sites is 1. The molecule has 0 fully saturated rings. The normalized spacial score (nSPS) is 11.5. The summed E-state index contributed by atoms with van der Waals surface area (Å²) in [6.07, 6.45) is -6.74. The van der Waals surface area contributed by atoms with Gasteiger partial charge in [0.15, 0.2) is 0 Å². The van der Waals surface area contributed by atoms with Crippen LogP contribution in [0.15, 0.2) is 115 Å². The Balaban J connectivity index is 1.61. The van der Waals surface area contributed by atoms with E-state index in [4.69, 9.17) is 11.6 Å². The van der Waals surface area contributed by atoms with E-state index in [1.54, 1.807) is 54.6 Å². The molecule has 2 N–H and O–H groups in total. The number of hydrogen-bond donors (Lipinski definition) is 2. The number of halogens is 7. The van der Waals surface area contributed by atoms with Crippen molar-refractivity contribution in [3.05, 3.63) is 137 Å². The summed E-state index contributed by atoms with van der Waals surface area (Å²) < 4.78 is 81.4. The second-order valence-electron chi connectivity index (χ2n) is 9.84. The van der Waals surface area contributed by atoms with Gasteiger partial charge in [-0.2, -0.15) is 31.4 Å². The third-order valence-electron chi connectivity index (χ3n) is 6.57. The first-order valence-corrected chi connectivity index (χ1v) is 13.8. The van der Waals surface area contributed by atoms with Crippen molar-refractivity contribution in [1.82, 2.24) is 9.78 Å². The molecule has 0 atom stereocenters. The summed E-state index contributed by atoms with van der Waals surface area (Å²) in [4.78, 5) is 27.1. The molecule has 0 spiro atoms. The van der Waals surface area contributed by atoms with E-state index < -0.39 is 40.9 Å². The summed E-state index contributed by atoms with van der Waals surface area (Å²) in [5.41, 5.74) is -1.54. The predicted octanol–water partition coefficient (Wildman–Crippen LogP) is 8.89. The smallest absolute Gasteiger partial charge is 0.322 e. The molecule has 0 saturated carbocycles. The van der Waals surface area contributed by atoms with Gasteiger partial charge in [-0.1, -0.05) is 54.1 Å². The molecule has 0 unspecified atom stereocenters. The Labute approximate surface area is 262 Å². The van der Waals surface area contributed by atoms with Gasteiger partial charge < -0.3 is 10.6 Å². The Hall–Kier alpha value is -5.36. The number of carbonyl (C=O) groups excluding carboxylic acids is 2. The molecule has 0 aliphatic heterocycles. The second kappa shape index (κ2) is 12.9. The van der Waals surface area contributed by atoms with E-state index in [-0.39, 0.29) is 16.9 Å². The van der Waals surface area contributed by atoms with Crippen molar-refractivity contribution in [3.63, 3.8) is 0 Å². The highest BCUT2D eigenvalue weighted by Gasteiger charge is 2.32. The molecule has 0 radical (unpaired) electrons. The highest BCUT2D eigenvalue weighted by molar-refractivity contribution is 6.30. The molecule has 2 amide bonds. The van der Waals surface area contributed by atoms with Crippen LogP contribution < -0.4 is 10.6 Å². The number of benzene rings is 4. The highest BCUT2D eigenvalue weighted by Crippen LogP contribution is 2.33. The van der Waals surface area contributed by atoms with E-state index in [2.05, 4.69) is 15.7 Å². The highest BCUT2D eigenvalue weighted by atomic mass is 35.5. The third kappa shape index (κ3) is 7.64. The minimum Gasteiger partial charge on any atom is -0.322 e. The van der Waals surface area contributed by atoms with E-state index in [0.29, 0.717) is 34.1 Å². The Morgan fingerprint density at radius 3 is 1.72 bits per heavy atom. The third-order valence-corrected chi connectivity index (χ3v) is 6.82. The first kappa shape index (κ1) is 32.0. The Morgan fingerprint density at radius 2 is 1.22 bits per heavy atom. The minimum atomic E-state index is -4.71. The van der Waals surface area contributed by atoms with Crippen molar-refractivity contribution >= 4 is 40.9 Å². The minimum absolute atomic E-state index is 0.236. The molecule has 6 nitrogen and oxygen atoms in total. The van der Waals surface area contributed by atoms with Crippen LogP contribution in [0.4, 0.5) is 37.7 Å². The van der Waals surface area contributed by atoms with Gasteiger partial charge in [-0.05, 0) is 66.7 Å². The van der Waals surface area contributed by atoms with E-state index in [9.17, 15) is 35.9 Å². The molecule has 0 bridgehead atoms. The molecule has 0 saturated heterocycles. The van der Waals surface area contributed by atoms with Gasteiger partial charge in [0.1, 0.15) is 5.57 Å². The molecule has 5 aromatic rings. The number of nitrogens with one attached hydrogen (secondary N) is 2. The van der Waals surface area contributed by atoms with Crippen molar-refractivity contribution < 1.29 is 35.9 Å². The summed E-state index contributed by atoms with van der Waals surface area (Å²) in [5.74, 6) is -2.25. The standard InChI is InChI=1S/C33H21ClF6N4O2/c34-24-14-12-20(13-15-24)29-21(19-44(43-29)27-10-2-1-3-11-27)16-28(30(45)41-25-8-4-6-22(17-25)32(35,36)37)31(46)42-26-9-5-7-23(18-26)33(38,39)40/h1-19H,(H,41,45)(H,42,46). The van der Waals surface area contributed by atoms with Gasteiger partial charge in [0.25, 0.3) is 11.8 Å². The predicted molar refractivity (Wildman–Crippen MR) is 162 cm³/mol. The maximum absolute atomic E-state index is 13.6. The fraction of sp³-hybridized carbons (Fsp3) is 0.0606. The topological polar surface area (TPSA) is 76.0 Å². The molecule has 4 aromatic carbocycles. The van der Waals surface area contributed by atoms with Crippen molar-refractivity contribution in [3.8, 4) is 16.9 Å².